The number of amides is 2. The molecule has 214 valence electrons. The minimum absolute atomic E-state index is 0.0468. The fourth-order valence-corrected chi connectivity index (χ4v) is 5.60. The molecule has 0 saturated carbocycles. The lowest BCUT2D eigenvalue weighted by atomic mass is 10.1. The Morgan fingerprint density at radius 1 is 1.02 bits per heavy atom. The van der Waals surface area contributed by atoms with Gasteiger partial charge in [-0.2, -0.15) is 0 Å². The van der Waals surface area contributed by atoms with E-state index < -0.39 is 28.5 Å². The zero-order chi connectivity index (χ0) is 29.3. The van der Waals surface area contributed by atoms with Gasteiger partial charge in [-0.1, -0.05) is 54.8 Å². The van der Waals surface area contributed by atoms with E-state index in [4.69, 9.17) is 16.3 Å². The smallest absolute Gasteiger partial charge is 0.264 e. The summed E-state index contributed by atoms with van der Waals surface area (Å²) in [6.45, 7) is 5.57. The highest BCUT2D eigenvalue weighted by Crippen LogP contribution is 2.26. The van der Waals surface area contributed by atoms with Crippen LogP contribution in [0.15, 0.2) is 77.7 Å². The molecule has 40 heavy (non-hydrogen) atoms. The van der Waals surface area contributed by atoms with Crippen LogP contribution in [0.2, 0.25) is 5.02 Å². The van der Waals surface area contributed by atoms with Crippen molar-refractivity contribution in [3.8, 4) is 5.75 Å². The number of anilines is 1. The molecule has 2 amide bonds. The fraction of sp³-hybridized carbons (Fsp3) is 0.333. The molecule has 0 aliphatic carbocycles. The van der Waals surface area contributed by atoms with Crippen LogP contribution in [0.1, 0.15) is 37.8 Å². The van der Waals surface area contributed by atoms with Crippen LogP contribution in [0.25, 0.3) is 0 Å². The first-order chi connectivity index (χ1) is 19.1. The van der Waals surface area contributed by atoms with Gasteiger partial charge < -0.3 is 15.0 Å². The summed E-state index contributed by atoms with van der Waals surface area (Å²) < 4.78 is 34.0. The lowest BCUT2D eigenvalue weighted by molar-refractivity contribution is -0.139. The molecule has 10 heteroatoms. The molecule has 0 fully saturated rings. The van der Waals surface area contributed by atoms with E-state index in [9.17, 15) is 18.0 Å². The Labute approximate surface area is 241 Å². The van der Waals surface area contributed by atoms with E-state index in [2.05, 4.69) is 5.32 Å². The summed E-state index contributed by atoms with van der Waals surface area (Å²) in [5.41, 5.74) is 1.92. The van der Waals surface area contributed by atoms with Crippen molar-refractivity contribution in [2.45, 2.75) is 51.1 Å². The molecule has 0 spiro atoms. The van der Waals surface area contributed by atoms with Crippen molar-refractivity contribution < 1.29 is 22.7 Å². The van der Waals surface area contributed by atoms with Crippen molar-refractivity contribution in [3.63, 3.8) is 0 Å². The third-order valence-corrected chi connectivity index (χ3v) is 8.53. The van der Waals surface area contributed by atoms with Gasteiger partial charge in [0.25, 0.3) is 10.0 Å². The molecule has 0 bridgehead atoms. The zero-order valence-corrected chi connectivity index (χ0v) is 24.8. The van der Waals surface area contributed by atoms with Crippen LogP contribution in [-0.2, 0) is 26.2 Å². The number of ether oxygens (including phenoxy) is 1. The van der Waals surface area contributed by atoms with E-state index in [1.807, 2.05) is 19.9 Å². The van der Waals surface area contributed by atoms with E-state index in [0.717, 1.165) is 28.3 Å². The number of nitrogens with one attached hydrogen (secondary N) is 1. The number of hydrogen-bond acceptors (Lipinski definition) is 5. The molecule has 0 aliphatic rings. The van der Waals surface area contributed by atoms with Gasteiger partial charge >= 0.3 is 0 Å². The molecule has 3 aromatic carbocycles. The molecule has 0 heterocycles. The van der Waals surface area contributed by atoms with Gasteiger partial charge in [-0.25, -0.2) is 8.42 Å². The first-order valence-corrected chi connectivity index (χ1v) is 14.9. The lowest BCUT2D eigenvalue weighted by Crippen LogP contribution is -2.51. The number of sulfonamides is 1. The molecule has 1 N–H and O–H groups in total. The zero-order valence-electron chi connectivity index (χ0n) is 23.3. The highest BCUT2D eigenvalue weighted by Gasteiger charge is 2.32. The average Bonchev–Trinajstić information content (AvgIpc) is 2.95. The van der Waals surface area contributed by atoms with Crippen molar-refractivity contribution in [1.29, 1.82) is 0 Å². The molecule has 0 saturated heterocycles. The molecular weight excluding hydrogens is 550 g/mol. The molecule has 3 aromatic rings. The maximum Gasteiger partial charge on any atom is 0.264 e. The van der Waals surface area contributed by atoms with Gasteiger partial charge in [-0.05, 0) is 74.4 Å². The van der Waals surface area contributed by atoms with Crippen LogP contribution in [0.3, 0.4) is 0 Å². The topological polar surface area (TPSA) is 96.0 Å². The van der Waals surface area contributed by atoms with Gasteiger partial charge in [-0.3, -0.25) is 13.9 Å². The van der Waals surface area contributed by atoms with Crippen LogP contribution in [0.4, 0.5) is 5.69 Å². The molecular formula is C30H36ClN3O5S. The van der Waals surface area contributed by atoms with Crippen molar-refractivity contribution in [2.24, 2.45) is 0 Å². The Kier molecular flexibility index (Phi) is 11.0. The van der Waals surface area contributed by atoms with E-state index in [1.165, 1.54) is 17.0 Å². The van der Waals surface area contributed by atoms with Crippen LogP contribution < -0.4 is 14.4 Å². The van der Waals surface area contributed by atoms with Crippen LogP contribution >= 0.6 is 11.6 Å². The second-order valence-corrected chi connectivity index (χ2v) is 11.8. The molecule has 0 radical (unpaired) electrons. The maximum atomic E-state index is 13.9. The number of carbonyl (C=O) groups is 2. The Bertz CT molecular complexity index is 1400. The lowest BCUT2D eigenvalue weighted by Gasteiger charge is -2.32. The van der Waals surface area contributed by atoms with Crippen LogP contribution in [0.5, 0.6) is 5.75 Å². The number of nitrogens with zero attached hydrogens (tertiary/aromatic N) is 2. The molecule has 0 aliphatic heterocycles. The van der Waals surface area contributed by atoms with E-state index in [0.29, 0.717) is 17.3 Å². The van der Waals surface area contributed by atoms with Crippen molar-refractivity contribution in [1.82, 2.24) is 10.2 Å². The molecule has 0 unspecified atom stereocenters. The Hall–Kier alpha value is -3.56. The van der Waals surface area contributed by atoms with E-state index >= 15 is 0 Å². The van der Waals surface area contributed by atoms with Crippen molar-refractivity contribution >= 4 is 39.1 Å². The van der Waals surface area contributed by atoms with E-state index in [1.54, 1.807) is 68.6 Å². The van der Waals surface area contributed by atoms with Crippen molar-refractivity contribution in [2.75, 3.05) is 24.5 Å². The quantitative estimate of drug-likeness (QED) is 0.279. The predicted octanol–water partition coefficient (Wildman–Crippen LogP) is 5.19. The van der Waals surface area contributed by atoms with Gasteiger partial charge in [0.2, 0.25) is 11.8 Å². The number of hydrogen-bond donors (Lipinski definition) is 1. The molecule has 1 atom stereocenters. The fourth-order valence-electron chi connectivity index (χ4n) is 4.06. The summed E-state index contributed by atoms with van der Waals surface area (Å²) in [6, 6.07) is 19.0. The number of rotatable bonds is 13. The van der Waals surface area contributed by atoms with E-state index in [-0.39, 0.29) is 23.0 Å². The van der Waals surface area contributed by atoms with Gasteiger partial charge in [0, 0.05) is 18.1 Å². The second kappa shape index (κ2) is 14.2. The summed E-state index contributed by atoms with van der Waals surface area (Å²) in [7, 11) is -2.59. The molecule has 3 rings (SSSR count). The number of carbonyl (C=O) groups excluding carboxylic acids is 2. The largest absolute Gasteiger partial charge is 0.497 e. The van der Waals surface area contributed by atoms with Gasteiger partial charge in [0.05, 0.1) is 17.7 Å². The highest BCUT2D eigenvalue weighted by atomic mass is 35.5. The Morgan fingerprint density at radius 3 is 2.33 bits per heavy atom. The normalized spacial score (nSPS) is 11.9. The third kappa shape index (κ3) is 7.99. The highest BCUT2D eigenvalue weighted by molar-refractivity contribution is 7.92. The number of unbranched alkanes of at least 4 members (excludes halogenated alkanes) is 1. The summed E-state index contributed by atoms with van der Waals surface area (Å²) in [6.07, 6.45) is 1.72. The molecule has 8 nitrogen and oxygen atoms in total. The molecule has 0 aromatic heterocycles. The first-order valence-electron chi connectivity index (χ1n) is 13.1. The monoisotopic (exact) mass is 585 g/mol. The van der Waals surface area contributed by atoms with Crippen LogP contribution in [0, 0.1) is 6.92 Å². The average molecular weight is 586 g/mol. The Balaban J connectivity index is 2.00. The Morgan fingerprint density at radius 2 is 1.70 bits per heavy atom. The summed E-state index contributed by atoms with van der Waals surface area (Å²) in [5.74, 6) is -0.245. The van der Waals surface area contributed by atoms with Gasteiger partial charge in [-0.15, -0.1) is 0 Å². The van der Waals surface area contributed by atoms with Gasteiger partial charge in [0.15, 0.2) is 0 Å². The van der Waals surface area contributed by atoms with Gasteiger partial charge in [0.1, 0.15) is 18.3 Å². The SMILES string of the molecule is CCCCNC(=O)[C@@H](C)N(Cc1cccc(OC)c1)C(=O)CN(c1ccc(Cl)cc1)S(=O)(=O)c1ccc(C)cc1. The minimum Gasteiger partial charge on any atom is -0.497 e. The minimum atomic E-state index is -4.14. The maximum absolute atomic E-state index is 13.9. The summed E-state index contributed by atoms with van der Waals surface area (Å²) in [4.78, 5) is 28.4. The number of aryl methyl sites for hydroxylation is 1. The number of benzene rings is 3. The van der Waals surface area contributed by atoms with Crippen LogP contribution in [-0.4, -0.2) is 51.4 Å². The third-order valence-electron chi connectivity index (χ3n) is 6.49. The summed E-state index contributed by atoms with van der Waals surface area (Å²) in [5, 5.41) is 3.31. The summed E-state index contributed by atoms with van der Waals surface area (Å²) >= 11 is 6.07. The second-order valence-electron chi connectivity index (χ2n) is 9.49. The number of methoxy groups -OCH3 is 1. The van der Waals surface area contributed by atoms with Crippen molar-refractivity contribution in [3.05, 3.63) is 88.9 Å². The predicted molar refractivity (Wildman–Crippen MR) is 158 cm³/mol. The number of halogens is 1. The standard InChI is InChI=1S/C30H36ClN3O5S/c1-5-6-18-32-30(36)23(3)33(20-24-8-7-9-27(19-24)39-4)29(35)21-34(26-14-12-25(31)13-15-26)40(37,38)28-16-10-22(2)11-17-28/h7-17,19,23H,5-6,18,20-21H2,1-4H3,(H,32,36)/t23-/m1/s1. The first kappa shape index (κ1) is 31.0.